The number of para-hydroxylation sites is 1. The summed E-state index contributed by atoms with van der Waals surface area (Å²) in [5.74, 6) is 0.866. The van der Waals surface area contributed by atoms with Crippen LogP contribution in [0.5, 0.6) is 5.75 Å². The minimum atomic E-state index is 0.0332. The van der Waals surface area contributed by atoms with Gasteiger partial charge in [0.2, 0.25) is 5.91 Å². The first kappa shape index (κ1) is 12.3. The predicted molar refractivity (Wildman–Crippen MR) is 64.5 cm³/mol. The Balaban J connectivity index is 2.47. The van der Waals surface area contributed by atoms with E-state index in [4.69, 9.17) is 4.74 Å². The Bertz CT molecular complexity index is 361. The summed E-state index contributed by atoms with van der Waals surface area (Å²) in [6.07, 6.45) is 2.82. The van der Waals surface area contributed by atoms with Crippen molar-refractivity contribution >= 4 is 5.91 Å². The van der Waals surface area contributed by atoms with Gasteiger partial charge in [0.15, 0.2) is 0 Å². The van der Waals surface area contributed by atoms with Crippen LogP contribution >= 0.6 is 0 Å². The highest BCUT2D eigenvalue weighted by Gasteiger charge is 2.04. The number of ether oxygens (including phenoxy) is 1. The monoisotopic (exact) mass is 219 g/mol. The third-order valence-electron chi connectivity index (χ3n) is 2.26. The molecule has 3 nitrogen and oxygen atoms in total. The van der Waals surface area contributed by atoms with E-state index in [2.05, 4.69) is 11.9 Å². The van der Waals surface area contributed by atoms with Crippen LogP contribution in [0, 0.1) is 0 Å². The maximum absolute atomic E-state index is 11.4. The van der Waals surface area contributed by atoms with E-state index in [1.54, 1.807) is 13.2 Å². The summed E-state index contributed by atoms with van der Waals surface area (Å²) >= 11 is 0. The van der Waals surface area contributed by atoms with Gasteiger partial charge in [0.05, 0.1) is 7.11 Å². The number of amides is 1. The van der Waals surface area contributed by atoms with Crippen molar-refractivity contribution in [2.75, 3.05) is 13.7 Å². The van der Waals surface area contributed by atoms with Crippen molar-refractivity contribution in [3.05, 3.63) is 42.5 Å². The van der Waals surface area contributed by atoms with Crippen LogP contribution in [0.4, 0.5) is 0 Å². The van der Waals surface area contributed by atoms with Crippen LogP contribution in [0.3, 0.4) is 0 Å². The van der Waals surface area contributed by atoms with Gasteiger partial charge in [-0.25, -0.2) is 0 Å². The summed E-state index contributed by atoms with van der Waals surface area (Å²) in [5, 5.41) is 2.74. The van der Waals surface area contributed by atoms with Crippen molar-refractivity contribution < 1.29 is 9.53 Å². The number of hydrogen-bond donors (Lipinski definition) is 1. The molecule has 0 fully saturated rings. The van der Waals surface area contributed by atoms with Crippen LogP contribution in [0.1, 0.15) is 12.0 Å². The number of hydrogen-bond acceptors (Lipinski definition) is 2. The van der Waals surface area contributed by atoms with Gasteiger partial charge >= 0.3 is 0 Å². The van der Waals surface area contributed by atoms with Crippen LogP contribution in [-0.2, 0) is 11.2 Å². The molecule has 0 unspecified atom stereocenters. The Labute approximate surface area is 96.1 Å². The number of methoxy groups -OCH3 is 1. The molecule has 1 aromatic carbocycles. The summed E-state index contributed by atoms with van der Waals surface area (Å²) < 4.78 is 5.21. The van der Waals surface area contributed by atoms with Crippen LogP contribution in [0.25, 0.3) is 0 Å². The molecule has 0 aromatic heterocycles. The molecule has 1 amide bonds. The Morgan fingerprint density at radius 2 is 2.25 bits per heavy atom. The van der Waals surface area contributed by atoms with Gasteiger partial charge in [-0.1, -0.05) is 24.3 Å². The average Bonchev–Trinajstić information content (AvgIpc) is 2.34. The molecule has 86 valence electrons. The molecule has 0 atom stereocenters. The van der Waals surface area contributed by atoms with Gasteiger partial charge in [-0.3, -0.25) is 4.79 Å². The summed E-state index contributed by atoms with van der Waals surface area (Å²) in [6.45, 7) is 4.06. The molecule has 0 aliphatic rings. The predicted octanol–water partition coefficient (Wildman–Crippen LogP) is 1.93. The van der Waals surface area contributed by atoms with E-state index in [0.717, 1.165) is 11.3 Å². The molecular weight excluding hydrogens is 202 g/mol. The summed E-state index contributed by atoms with van der Waals surface area (Å²) in [5.41, 5.74) is 1.05. The molecule has 0 saturated heterocycles. The lowest BCUT2D eigenvalue weighted by Gasteiger charge is -2.07. The highest BCUT2D eigenvalue weighted by Crippen LogP contribution is 2.18. The summed E-state index contributed by atoms with van der Waals surface area (Å²) in [6, 6.07) is 7.73. The highest BCUT2D eigenvalue weighted by molar-refractivity contribution is 5.76. The molecule has 0 bridgehead atoms. The highest BCUT2D eigenvalue weighted by atomic mass is 16.5. The summed E-state index contributed by atoms with van der Waals surface area (Å²) in [4.78, 5) is 11.4. The fourth-order valence-corrected chi connectivity index (χ4v) is 1.43. The molecule has 0 spiro atoms. The van der Waals surface area contributed by atoms with Gasteiger partial charge in [0.1, 0.15) is 5.75 Å². The van der Waals surface area contributed by atoms with Crippen molar-refractivity contribution in [3.63, 3.8) is 0 Å². The minimum Gasteiger partial charge on any atom is -0.496 e. The van der Waals surface area contributed by atoms with E-state index >= 15 is 0 Å². The number of carbonyl (C=O) groups is 1. The first-order chi connectivity index (χ1) is 7.77. The zero-order chi connectivity index (χ0) is 11.8. The van der Waals surface area contributed by atoms with Gasteiger partial charge in [-0.05, 0) is 18.1 Å². The molecule has 3 heteroatoms. The molecule has 0 saturated carbocycles. The number of benzene rings is 1. The topological polar surface area (TPSA) is 38.3 Å². The normalized spacial score (nSPS) is 9.56. The van der Waals surface area contributed by atoms with E-state index in [-0.39, 0.29) is 5.91 Å². The van der Waals surface area contributed by atoms with Crippen molar-refractivity contribution in [3.8, 4) is 5.75 Å². The Morgan fingerprint density at radius 1 is 1.50 bits per heavy atom. The molecule has 0 aliphatic heterocycles. The minimum absolute atomic E-state index is 0.0332. The van der Waals surface area contributed by atoms with Gasteiger partial charge in [-0.15, -0.1) is 6.58 Å². The number of nitrogens with one attached hydrogen (secondary N) is 1. The van der Waals surface area contributed by atoms with Crippen LogP contribution < -0.4 is 10.1 Å². The Morgan fingerprint density at radius 3 is 2.94 bits per heavy atom. The molecule has 1 rings (SSSR count). The molecule has 1 N–H and O–H groups in total. The second kappa shape index (κ2) is 6.67. The first-order valence-corrected chi connectivity index (χ1v) is 5.27. The summed E-state index contributed by atoms with van der Waals surface area (Å²) in [7, 11) is 1.64. The van der Waals surface area contributed by atoms with Crippen LogP contribution in [0.15, 0.2) is 36.9 Å². The van der Waals surface area contributed by atoms with Crippen molar-refractivity contribution in [1.82, 2.24) is 5.32 Å². The second-order valence-electron chi connectivity index (χ2n) is 3.40. The fourth-order valence-electron chi connectivity index (χ4n) is 1.43. The number of aryl methyl sites for hydroxylation is 1. The maximum Gasteiger partial charge on any atom is 0.220 e. The zero-order valence-corrected chi connectivity index (χ0v) is 9.53. The number of rotatable bonds is 6. The molecule has 16 heavy (non-hydrogen) atoms. The lowest BCUT2D eigenvalue weighted by Crippen LogP contribution is -2.23. The molecule has 0 heterocycles. The van der Waals surface area contributed by atoms with Gasteiger partial charge in [-0.2, -0.15) is 0 Å². The lowest BCUT2D eigenvalue weighted by molar-refractivity contribution is -0.120. The Hall–Kier alpha value is -1.77. The van der Waals surface area contributed by atoms with Crippen molar-refractivity contribution in [1.29, 1.82) is 0 Å². The fraction of sp³-hybridized carbons (Fsp3) is 0.308. The second-order valence-corrected chi connectivity index (χ2v) is 3.40. The Kier molecular flexibility index (Phi) is 5.12. The zero-order valence-electron chi connectivity index (χ0n) is 9.53. The van der Waals surface area contributed by atoms with E-state index in [0.29, 0.717) is 19.4 Å². The van der Waals surface area contributed by atoms with E-state index < -0.39 is 0 Å². The lowest BCUT2D eigenvalue weighted by atomic mass is 10.1. The third-order valence-corrected chi connectivity index (χ3v) is 2.26. The standard InChI is InChI=1S/C13H17NO2/c1-3-10-14-13(15)9-8-11-6-4-5-7-12(11)16-2/h3-7H,1,8-10H2,2H3,(H,14,15). The van der Waals surface area contributed by atoms with Gasteiger partial charge < -0.3 is 10.1 Å². The largest absolute Gasteiger partial charge is 0.496 e. The van der Waals surface area contributed by atoms with Crippen LogP contribution in [0.2, 0.25) is 0 Å². The maximum atomic E-state index is 11.4. The number of carbonyl (C=O) groups excluding carboxylic acids is 1. The van der Waals surface area contributed by atoms with E-state index in [9.17, 15) is 4.79 Å². The van der Waals surface area contributed by atoms with Gasteiger partial charge in [0, 0.05) is 13.0 Å². The van der Waals surface area contributed by atoms with E-state index in [1.165, 1.54) is 0 Å². The van der Waals surface area contributed by atoms with E-state index in [1.807, 2.05) is 24.3 Å². The SMILES string of the molecule is C=CCNC(=O)CCc1ccccc1OC. The third kappa shape index (κ3) is 3.77. The van der Waals surface area contributed by atoms with Crippen molar-refractivity contribution in [2.45, 2.75) is 12.8 Å². The smallest absolute Gasteiger partial charge is 0.220 e. The quantitative estimate of drug-likeness (QED) is 0.742. The molecule has 1 aromatic rings. The average molecular weight is 219 g/mol. The molecule has 0 aliphatic carbocycles. The molecule has 0 radical (unpaired) electrons. The van der Waals surface area contributed by atoms with Crippen LogP contribution in [-0.4, -0.2) is 19.6 Å². The van der Waals surface area contributed by atoms with Gasteiger partial charge in [0.25, 0.3) is 0 Å². The van der Waals surface area contributed by atoms with Crippen molar-refractivity contribution in [2.24, 2.45) is 0 Å². The first-order valence-electron chi connectivity index (χ1n) is 5.27. The molecular formula is C13H17NO2.